The number of fused-ring (bicyclic) bond motifs is 3. The quantitative estimate of drug-likeness (QED) is 0.0720. The van der Waals surface area contributed by atoms with Crippen molar-refractivity contribution >= 4 is 29.8 Å². The maximum atomic E-state index is 14.3. The minimum atomic E-state index is -1.78. The molecule has 4 amide bonds. The zero-order valence-electron chi connectivity index (χ0n) is 41.5. The highest BCUT2D eigenvalue weighted by molar-refractivity contribution is 5.92. The zero-order valence-corrected chi connectivity index (χ0v) is 41.5. The first-order valence-corrected chi connectivity index (χ1v) is 23.8. The van der Waals surface area contributed by atoms with Crippen LogP contribution < -0.4 is 5.32 Å². The summed E-state index contributed by atoms with van der Waals surface area (Å²) in [5.41, 5.74) is 3.94. The number of methoxy groups -OCH3 is 4. The Morgan fingerprint density at radius 3 is 1.60 bits per heavy atom. The van der Waals surface area contributed by atoms with Crippen molar-refractivity contribution in [3.63, 3.8) is 0 Å². The third kappa shape index (κ3) is 23.4. The smallest absolute Gasteiger partial charge is 0.407 e. The number of hydrogen-bond donors (Lipinski definition) is 2. The van der Waals surface area contributed by atoms with Crippen LogP contribution in [0.5, 0.6) is 0 Å². The second-order valence-electron chi connectivity index (χ2n) is 16.0. The molecule has 0 saturated carbocycles. The van der Waals surface area contributed by atoms with E-state index >= 15 is 0 Å². The van der Waals surface area contributed by atoms with Crippen LogP contribution in [0.1, 0.15) is 49.1 Å². The van der Waals surface area contributed by atoms with Gasteiger partial charge in [-0.2, -0.15) is 0 Å². The summed E-state index contributed by atoms with van der Waals surface area (Å²) in [6, 6.07) is 13.7. The fraction of sp³-hybridized carbons (Fsp3) is 0.653. The van der Waals surface area contributed by atoms with Gasteiger partial charge >= 0.3 is 12.1 Å². The molecule has 70 heavy (non-hydrogen) atoms. The molecule has 1 aliphatic carbocycles. The molecule has 2 aromatic rings. The molecule has 0 spiro atoms. The van der Waals surface area contributed by atoms with Crippen LogP contribution >= 0.6 is 0 Å². The number of nitrogens with one attached hydrogen (secondary N) is 1. The Balaban J connectivity index is 1.80. The van der Waals surface area contributed by atoms with E-state index in [9.17, 15) is 29.1 Å². The molecular formula is C49H76N4O17. The normalized spacial score (nSPS) is 12.3. The first kappa shape index (κ1) is 59.5. The van der Waals surface area contributed by atoms with Gasteiger partial charge in [0, 0.05) is 73.9 Å². The number of amides is 4. The summed E-state index contributed by atoms with van der Waals surface area (Å²) in [6.45, 7) is 3.77. The largest absolute Gasteiger partial charge is 0.480 e. The van der Waals surface area contributed by atoms with Crippen LogP contribution in [0.25, 0.3) is 11.1 Å². The number of aliphatic carboxylic acids is 1. The Hall–Kier alpha value is -4.81. The van der Waals surface area contributed by atoms with E-state index in [0.29, 0.717) is 78.9 Å². The second kappa shape index (κ2) is 37.0. The number of alkyl carbamates (subject to hydrolysis) is 1. The Morgan fingerprint density at radius 1 is 0.529 bits per heavy atom. The van der Waals surface area contributed by atoms with Gasteiger partial charge in [-0.3, -0.25) is 19.2 Å². The Kier molecular flexibility index (Phi) is 31.5. The number of rotatable bonds is 42. The van der Waals surface area contributed by atoms with Crippen molar-refractivity contribution in [2.24, 2.45) is 0 Å². The summed E-state index contributed by atoms with van der Waals surface area (Å²) in [7, 11) is 6.32. The monoisotopic (exact) mass is 993 g/mol. The van der Waals surface area contributed by atoms with E-state index < -0.39 is 55.3 Å². The van der Waals surface area contributed by atoms with Crippen LogP contribution in [-0.4, -0.2) is 223 Å². The zero-order chi connectivity index (χ0) is 50.6. The van der Waals surface area contributed by atoms with E-state index in [-0.39, 0.29) is 65.2 Å². The number of hydrogen-bond acceptors (Lipinski definition) is 16. The SMILES string of the molecule is COCCCCOCCON(CCCOCCOC)C(=O)CN(CC(=O)N(CCCOCCOC)CCOCCOCCOC)C(=O)C[C@H](NC(=O)OCC1c2ccccc2-c2ccccc21)C(=O)O. The molecular weight excluding hydrogens is 917 g/mol. The Morgan fingerprint density at radius 2 is 1.01 bits per heavy atom. The van der Waals surface area contributed by atoms with Gasteiger partial charge in [-0.25, -0.2) is 14.7 Å². The first-order chi connectivity index (χ1) is 34.1. The van der Waals surface area contributed by atoms with Gasteiger partial charge in [0.15, 0.2) is 0 Å². The van der Waals surface area contributed by atoms with Crippen molar-refractivity contribution in [3.05, 3.63) is 59.7 Å². The lowest BCUT2D eigenvalue weighted by Crippen LogP contribution is -2.51. The lowest BCUT2D eigenvalue weighted by atomic mass is 9.98. The molecule has 0 fully saturated rings. The summed E-state index contributed by atoms with van der Waals surface area (Å²) < 4.78 is 53.9. The van der Waals surface area contributed by atoms with Crippen molar-refractivity contribution < 1.29 is 81.3 Å². The molecule has 0 saturated heterocycles. The number of hydroxylamine groups is 2. The molecule has 21 heteroatoms. The topological polar surface area (TPSA) is 229 Å². The molecule has 0 aromatic heterocycles. The highest BCUT2D eigenvalue weighted by atomic mass is 16.7. The molecule has 0 radical (unpaired) electrons. The van der Waals surface area contributed by atoms with Crippen LogP contribution in [0, 0.1) is 0 Å². The summed E-state index contributed by atoms with van der Waals surface area (Å²) in [4.78, 5) is 76.9. The minimum Gasteiger partial charge on any atom is -0.480 e. The summed E-state index contributed by atoms with van der Waals surface area (Å²) in [6.07, 6.45) is 0.483. The van der Waals surface area contributed by atoms with Crippen LogP contribution in [0.15, 0.2) is 48.5 Å². The number of ether oxygens (including phenoxy) is 10. The predicted molar refractivity (Wildman–Crippen MR) is 255 cm³/mol. The van der Waals surface area contributed by atoms with Crippen LogP contribution in [0.3, 0.4) is 0 Å². The Labute approximate surface area is 412 Å². The molecule has 1 aliphatic rings. The van der Waals surface area contributed by atoms with Crippen LogP contribution in [-0.2, 0) is 71.4 Å². The standard InChI is InChI=1S/C49H76N4O17/c1-60-20-9-10-21-64-33-34-70-53(18-12-23-66-29-26-62-3)47(56)37-52(36-46(55)51(17-11-22-65-28-25-61-2)19-24-67-31-32-68-30-27-63-4)45(54)35-44(48(57)58)50-49(59)69-38-43-41-15-7-5-13-39(41)40-14-6-8-16-42(40)43/h5-8,13-16,43-44H,9-12,17-38H2,1-4H3,(H,50,59)(H,57,58)/t44-/m0/s1. The number of carboxylic acid groups (broad SMARTS) is 1. The van der Waals surface area contributed by atoms with E-state index in [0.717, 1.165) is 45.1 Å². The van der Waals surface area contributed by atoms with E-state index in [1.807, 2.05) is 48.5 Å². The fourth-order valence-electron chi connectivity index (χ4n) is 7.20. The van der Waals surface area contributed by atoms with E-state index in [1.54, 1.807) is 28.4 Å². The summed E-state index contributed by atoms with van der Waals surface area (Å²) in [5.74, 6) is -3.97. The van der Waals surface area contributed by atoms with Crippen molar-refractivity contribution in [1.82, 2.24) is 20.2 Å². The predicted octanol–water partition coefficient (Wildman–Crippen LogP) is 3.01. The van der Waals surface area contributed by atoms with Crippen molar-refractivity contribution in [1.29, 1.82) is 0 Å². The molecule has 0 unspecified atom stereocenters. The lowest BCUT2D eigenvalue weighted by Gasteiger charge is -2.30. The third-order valence-corrected chi connectivity index (χ3v) is 10.8. The molecule has 2 aromatic carbocycles. The average molecular weight is 993 g/mol. The van der Waals surface area contributed by atoms with Gasteiger partial charge in [-0.05, 0) is 47.9 Å². The van der Waals surface area contributed by atoms with Gasteiger partial charge in [0.25, 0.3) is 5.91 Å². The van der Waals surface area contributed by atoms with E-state index in [1.165, 1.54) is 4.90 Å². The van der Waals surface area contributed by atoms with E-state index in [2.05, 4.69) is 5.32 Å². The van der Waals surface area contributed by atoms with Crippen molar-refractivity contribution in [2.75, 3.05) is 167 Å². The molecule has 2 N–H and O–H groups in total. The van der Waals surface area contributed by atoms with Crippen molar-refractivity contribution in [3.8, 4) is 11.1 Å². The minimum absolute atomic E-state index is 0.00375. The number of benzene rings is 2. The number of carboxylic acids is 1. The van der Waals surface area contributed by atoms with E-state index in [4.69, 9.17) is 52.2 Å². The number of carbonyl (C=O) groups excluding carboxylic acids is 4. The van der Waals surface area contributed by atoms with Crippen molar-refractivity contribution in [2.45, 2.75) is 44.1 Å². The maximum absolute atomic E-state index is 14.3. The molecule has 394 valence electrons. The van der Waals surface area contributed by atoms with Gasteiger partial charge < -0.3 is 67.6 Å². The summed E-state index contributed by atoms with van der Waals surface area (Å²) in [5, 5.41) is 13.7. The summed E-state index contributed by atoms with van der Waals surface area (Å²) >= 11 is 0. The highest BCUT2D eigenvalue weighted by Gasteiger charge is 2.33. The van der Waals surface area contributed by atoms with Gasteiger partial charge in [-0.1, -0.05) is 48.5 Å². The molecule has 1 atom stereocenters. The van der Waals surface area contributed by atoms with Gasteiger partial charge in [0.05, 0.1) is 85.6 Å². The number of carbonyl (C=O) groups is 5. The van der Waals surface area contributed by atoms with Crippen LogP contribution in [0.4, 0.5) is 4.79 Å². The molecule has 3 rings (SSSR count). The number of nitrogens with zero attached hydrogens (tertiary/aromatic N) is 3. The average Bonchev–Trinajstić information content (AvgIpc) is 3.68. The second-order valence-corrected chi connectivity index (χ2v) is 16.0. The highest BCUT2D eigenvalue weighted by Crippen LogP contribution is 2.44. The maximum Gasteiger partial charge on any atom is 0.407 e. The third-order valence-electron chi connectivity index (χ3n) is 10.8. The Bertz CT molecular complexity index is 1690. The first-order valence-electron chi connectivity index (χ1n) is 23.8. The van der Waals surface area contributed by atoms with Gasteiger partial charge in [0.2, 0.25) is 11.8 Å². The van der Waals surface area contributed by atoms with Gasteiger partial charge in [0.1, 0.15) is 25.7 Å². The molecule has 21 nitrogen and oxygen atoms in total. The molecule has 0 bridgehead atoms. The fourth-order valence-corrected chi connectivity index (χ4v) is 7.20. The number of unbranched alkanes of at least 4 members (excludes halogenated alkanes) is 1. The molecule has 0 heterocycles. The lowest BCUT2D eigenvalue weighted by molar-refractivity contribution is -0.193. The van der Waals surface area contributed by atoms with Crippen LogP contribution in [0.2, 0.25) is 0 Å². The van der Waals surface area contributed by atoms with Gasteiger partial charge in [-0.15, -0.1) is 0 Å². The molecule has 0 aliphatic heterocycles.